The normalized spacial score (nSPS) is 18.4. The molecule has 0 spiro atoms. The molecule has 0 atom stereocenters. The Morgan fingerprint density at radius 2 is 1.86 bits per heavy atom. The molecule has 0 saturated carbocycles. The van der Waals surface area contributed by atoms with Crippen LogP contribution in [0.4, 0.5) is 0 Å². The predicted molar refractivity (Wildman–Crippen MR) is 58.3 cm³/mol. The van der Waals surface area contributed by atoms with Crippen LogP contribution >= 0.6 is 0 Å². The summed E-state index contributed by atoms with van der Waals surface area (Å²) in [5.41, 5.74) is 2.58. The molecule has 67 valence electrons. The van der Waals surface area contributed by atoms with Gasteiger partial charge in [0.05, 0.1) is 0 Å². The fourth-order valence-corrected chi connectivity index (χ4v) is 1.44. The largest absolute Gasteiger partial charge is 0.285 e. The van der Waals surface area contributed by atoms with E-state index >= 15 is 0 Å². The Labute approximate surface area is 83.1 Å². The monoisotopic (exact) mass is 181 g/mol. The Balaban J connectivity index is 2.63. The number of rotatable bonds is 1. The van der Waals surface area contributed by atoms with E-state index in [1.54, 1.807) is 6.08 Å². The minimum Gasteiger partial charge on any atom is -0.285 e. The van der Waals surface area contributed by atoms with Gasteiger partial charge in [-0.25, -0.2) is 0 Å². The third-order valence-corrected chi connectivity index (χ3v) is 2.12. The third-order valence-electron chi connectivity index (χ3n) is 2.12. The summed E-state index contributed by atoms with van der Waals surface area (Å²) in [5.74, 6) is 0. The number of allylic oxidation sites excluding steroid dienone is 5. The molecule has 0 amide bonds. The van der Waals surface area contributed by atoms with Crippen molar-refractivity contribution in [2.75, 3.05) is 0 Å². The fraction of sp³-hybridized carbons (Fsp3) is 0. The van der Waals surface area contributed by atoms with Crippen LogP contribution in [0.1, 0.15) is 11.1 Å². The highest BCUT2D eigenvalue weighted by molar-refractivity contribution is 6.09. The van der Waals surface area contributed by atoms with Gasteiger partial charge in [0.2, 0.25) is 6.29 Å². The Hall–Kier alpha value is -1.89. The molecule has 0 fully saturated rings. The molecule has 0 N–H and O–H groups in total. The lowest BCUT2D eigenvalue weighted by atomic mass is 9.98. The first kappa shape index (κ1) is 8.70. The number of hydrogen-bond acceptors (Lipinski definition) is 1. The average molecular weight is 181 g/mol. The first-order chi connectivity index (χ1) is 6.92. The topological polar surface area (TPSA) is 17.1 Å². The van der Waals surface area contributed by atoms with Crippen molar-refractivity contribution < 1.29 is 4.79 Å². The number of carbonyl (C=O) groups excluding carboxylic acids is 1. The van der Waals surface area contributed by atoms with Crippen LogP contribution in [0, 0.1) is 0 Å². The molecule has 1 aromatic rings. The predicted octanol–water partition coefficient (Wildman–Crippen LogP) is 2.76. The number of hydrogen-bond donors (Lipinski definition) is 0. The van der Waals surface area contributed by atoms with Gasteiger partial charge in [0.1, 0.15) is 0 Å². The lowest BCUT2D eigenvalue weighted by Gasteiger charge is -2.05. The third kappa shape index (κ3) is 1.57. The van der Waals surface area contributed by atoms with E-state index in [-0.39, 0.29) is 0 Å². The fourth-order valence-electron chi connectivity index (χ4n) is 1.44. The molecule has 1 radical (unpaired) electrons. The minimum atomic E-state index is 0.598. The average Bonchev–Trinajstić information content (AvgIpc) is 2.20. The van der Waals surface area contributed by atoms with E-state index in [1.165, 1.54) is 0 Å². The maximum absolute atomic E-state index is 10.7. The smallest absolute Gasteiger partial charge is 0.234 e. The molecule has 1 aliphatic rings. The maximum Gasteiger partial charge on any atom is 0.234 e. The van der Waals surface area contributed by atoms with E-state index in [4.69, 9.17) is 0 Å². The molecule has 0 heterocycles. The molecule has 0 saturated heterocycles. The molecule has 2 rings (SSSR count). The molecule has 1 aliphatic carbocycles. The molecule has 1 heteroatoms. The van der Waals surface area contributed by atoms with Crippen molar-refractivity contribution in [3.8, 4) is 0 Å². The SMILES string of the molecule is O=[C]C1=C/C=C\C=C/c2ccccc21. The van der Waals surface area contributed by atoms with E-state index in [2.05, 4.69) is 0 Å². The second-order valence-corrected chi connectivity index (χ2v) is 3.01. The van der Waals surface area contributed by atoms with Crippen LogP contribution in [0.15, 0.2) is 48.6 Å². The van der Waals surface area contributed by atoms with Crippen LogP contribution in [-0.2, 0) is 4.79 Å². The van der Waals surface area contributed by atoms with Gasteiger partial charge in [0.15, 0.2) is 0 Å². The van der Waals surface area contributed by atoms with E-state index in [0.29, 0.717) is 5.57 Å². The van der Waals surface area contributed by atoms with E-state index in [0.717, 1.165) is 11.1 Å². The van der Waals surface area contributed by atoms with Gasteiger partial charge in [-0.3, -0.25) is 4.79 Å². The lowest BCUT2D eigenvalue weighted by Crippen LogP contribution is -1.90. The summed E-state index contributed by atoms with van der Waals surface area (Å²) in [4.78, 5) is 10.7. The van der Waals surface area contributed by atoms with Crippen molar-refractivity contribution in [1.29, 1.82) is 0 Å². The zero-order valence-corrected chi connectivity index (χ0v) is 7.60. The molecule has 0 aromatic heterocycles. The molecule has 1 nitrogen and oxygen atoms in total. The zero-order chi connectivity index (χ0) is 9.80. The van der Waals surface area contributed by atoms with Gasteiger partial charge in [-0.1, -0.05) is 54.6 Å². The molecule has 0 bridgehead atoms. The Morgan fingerprint density at radius 3 is 2.71 bits per heavy atom. The van der Waals surface area contributed by atoms with Gasteiger partial charge in [0, 0.05) is 5.57 Å². The Kier molecular flexibility index (Phi) is 2.41. The van der Waals surface area contributed by atoms with Gasteiger partial charge in [-0.2, -0.15) is 0 Å². The Bertz CT molecular complexity index is 436. The summed E-state index contributed by atoms with van der Waals surface area (Å²) in [7, 11) is 0. The molecule has 0 aliphatic heterocycles. The number of fused-ring (bicyclic) bond motifs is 1. The quantitative estimate of drug-likeness (QED) is 0.651. The standard InChI is InChI=1S/C13H9O/c14-10-12-8-3-1-2-6-11-7-4-5-9-13(11)12/h1-9H/b2-1?,3-1-,6-2-,8-3?,11-6?,12-8?,13-12?. The van der Waals surface area contributed by atoms with Crippen LogP contribution in [0.2, 0.25) is 0 Å². The van der Waals surface area contributed by atoms with Crippen molar-refractivity contribution in [2.24, 2.45) is 0 Å². The van der Waals surface area contributed by atoms with E-state index < -0.39 is 0 Å². The summed E-state index contributed by atoms with van der Waals surface area (Å²) in [5, 5.41) is 0. The van der Waals surface area contributed by atoms with Crippen molar-refractivity contribution in [3.63, 3.8) is 0 Å². The first-order valence-corrected chi connectivity index (χ1v) is 4.44. The van der Waals surface area contributed by atoms with Gasteiger partial charge in [-0.05, 0) is 11.1 Å². The summed E-state index contributed by atoms with van der Waals surface area (Å²) in [6.07, 6.45) is 11.4. The second-order valence-electron chi connectivity index (χ2n) is 3.01. The van der Waals surface area contributed by atoms with Crippen LogP contribution in [-0.4, -0.2) is 6.29 Å². The minimum absolute atomic E-state index is 0.598. The first-order valence-electron chi connectivity index (χ1n) is 4.44. The van der Waals surface area contributed by atoms with E-state index in [9.17, 15) is 4.79 Å². The molecule has 0 unspecified atom stereocenters. The second kappa shape index (κ2) is 3.88. The van der Waals surface area contributed by atoms with Gasteiger partial charge >= 0.3 is 0 Å². The number of benzene rings is 1. The Morgan fingerprint density at radius 1 is 1.00 bits per heavy atom. The van der Waals surface area contributed by atoms with Crippen molar-refractivity contribution in [2.45, 2.75) is 0 Å². The highest BCUT2D eigenvalue weighted by Gasteiger charge is 2.04. The van der Waals surface area contributed by atoms with Crippen molar-refractivity contribution in [3.05, 3.63) is 59.7 Å². The summed E-state index contributed by atoms with van der Waals surface area (Å²) >= 11 is 0. The van der Waals surface area contributed by atoms with Crippen LogP contribution in [0.25, 0.3) is 11.6 Å². The summed E-state index contributed by atoms with van der Waals surface area (Å²) < 4.78 is 0. The summed E-state index contributed by atoms with van der Waals surface area (Å²) in [6.45, 7) is 0. The highest BCUT2D eigenvalue weighted by atomic mass is 16.1. The van der Waals surface area contributed by atoms with Gasteiger partial charge in [0.25, 0.3) is 0 Å². The van der Waals surface area contributed by atoms with Crippen LogP contribution in [0.3, 0.4) is 0 Å². The van der Waals surface area contributed by atoms with Gasteiger partial charge in [-0.15, -0.1) is 0 Å². The molecule has 14 heavy (non-hydrogen) atoms. The summed E-state index contributed by atoms with van der Waals surface area (Å²) in [6, 6.07) is 7.78. The van der Waals surface area contributed by atoms with E-state index in [1.807, 2.05) is 54.9 Å². The van der Waals surface area contributed by atoms with Crippen LogP contribution in [0.5, 0.6) is 0 Å². The molecule has 1 aromatic carbocycles. The highest BCUT2D eigenvalue weighted by Crippen LogP contribution is 2.20. The van der Waals surface area contributed by atoms with Crippen molar-refractivity contribution >= 4 is 17.9 Å². The lowest BCUT2D eigenvalue weighted by molar-refractivity contribution is 0.565. The van der Waals surface area contributed by atoms with Gasteiger partial charge < -0.3 is 0 Å². The maximum atomic E-state index is 10.7. The van der Waals surface area contributed by atoms with Crippen LogP contribution < -0.4 is 0 Å². The van der Waals surface area contributed by atoms with Crippen molar-refractivity contribution in [1.82, 2.24) is 0 Å². The molecular weight excluding hydrogens is 172 g/mol. The zero-order valence-electron chi connectivity index (χ0n) is 7.60. The molecular formula is C13H9O.